The highest BCUT2D eigenvalue weighted by Gasteiger charge is 2.20. The van der Waals surface area contributed by atoms with E-state index in [1.165, 1.54) is 35.4 Å². The lowest BCUT2D eigenvalue weighted by Gasteiger charge is -2.19. The molecule has 0 unspecified atom stereocenters. The number of amides is 1. The van der Waals surface area contributed by atoms with Gasteiger partial charge >= 0.3 is 5.97 Å². The molecule has 0 aromatic carbocycles. The highest BCUT2D eigenvalue weighted by atomic mass is 32.1. The number of rotatable bonds is 9. The molecular weight excluding hydrogens is 396 g/mol. The third-order valence-electron chi connectivity index (χ3n) is 4.01. The maximum atomic E-state index is 12.5. The molecule has 9 nitrogen and oxygen atoms in total. The summed E-state index contributed by atoms with van der Waals surface area (Å²) in [4.78, 5) is 40.9. The Morgan fingerprint density at radius 2 is 2.14 bits per heavy atom. The zero-order valence-corrected chi connectivity index (χ0v) is 16.8. The van der Waals surface area contributed by atoms with E-state index < -0.39 is 12.6 Å². The summed E-state index contributed by atoms with van der Waals surface area (Å²) in [6.45, 7) is 3.47. The first-order chi connectivity index (χ1) is 14.0. The topological polar surface area (TPSA) is 118 Å². The van der Waals surface area contributed by atoms with E-state index in [1.807, 2.05) is 24.4 Å². The fourth-order valence-electron chi connectivity index (χ4n) is 2.55. The molecule has 0 saturated carbocycles. The van der Waals surface area contributed by atoms with Crippen LogP contribution in [0.4, 0.5) is 0 Å². The van der Waals surface area contributed by atoms with Gasteiger partial charge in [-0.2, -0.15) is 0 Å². The minimum absolute atomic E-state index is 0.113. The van der Waals surface area contributed by atoms with Crippen molar-refractivity contribution in [2.75, 3.05) is 13.2 Å². The Labute approximate surface area is 170 Å². The predicted octanol–water partition coefficient (Wildman–Crippen LogP) is 2.92. The van der Waals surface area contributed by atoms with Crippen LogP contribution in [-0.4, -0.2) is 50.9 Å². The van der Waals surface area contributed by atoms with E-state index in [0.29, 0.717) is 30.3 Å². The predicted molar refractivity (Wildman–Crippen MR) is 104 cm³/mol. The number of carbonyl (C=O) groups excluding carboxylic acids is 3. The minimum Gasteiger partial charge on any atom is -0.451 e. The van der Waals surface area contributed by atoms with Gasteiger partial charge in [-0.3, -0.25) is 9.59 Å². The Balaban J connectivity index is 1.59. The quantitative estimate of drug-likeness (QED) is 0.421. The molecule has 3 aromatic rings. The maximum absolute atomic E-state index is 12.5. The third-order valence-corrected chi connectivity index (χ3v) is 4.87. The van der Waals surface area contributed by atoms with Crippen LogP contribution in [0.15, 0.2) is 34.2 Å². The van der Waals surface area contributed by atoms with Crippen molar-refractivity contribution in [2.24, 2.45) is 0 Å². The Morgan fingerprint density at radius 1 is 1.31 bits per heavy atom. The summed E-state index contributed by atoms with van der Waals surface area (Å²) >= 11 is 1.48. The fourth-order valence-corrected chi connectivity index (χ4v) is 3.20. The lowest BCUT2D eigenvalue weighted by atomic mass is 10.2. The van der Waals surface area contributed by atoms with Gasteiger partial charge in [-0.15, -0.1) is 21.5 Å². The minimum atomic E-state index is -0.708. The molecule has 29 heavy (non-hydrogen) atoms. The first-order valence-electron chi connectivity index (χ1n) is 8.98. The van der Waals surface area contributed by atoms with Crippen LogP contribution >= 0.6 is 11.3 Å². The molecule has 0 spiro atoms. The maximum Gasteiger partial charge on any atom is 0.355 e. The Morgan fingerprint density at radius 3 is 2.79 bits per heavy atom. The van der Waals surface area contributed by atoms with E-state index >= 15 is 0 Å². The zero-order chi connectivity index (χ0) is 20.8. The summed E-state index contributed by atoms with van der Waals surface area (Å²) in [5, 5.41) is 9.90. The number of aromatic nitrogens is 3. The summed E-state index contributed by atoms with van der Waals surface area (Å²) < 4.78 is 10.7. The molecule has 0 aliphatic carbocycles. The summed E-state index contributed by atoms with van der Waals surface area (Å²) in [6, 6.07) is 5.15. The van der Waals surface area contributed by atoms with Crippen LogP contribution in [0.5, 0.6) is 0 Å². The van der Waals surface area contributed by atoms with Gasteiger partial charge in [0.05, 0.1) is 11.4 Å². The van der Waals surface area contributed by atoms with Gasteiger partial charge in [-0.25, -0.2) is 4.79 Å². The summed E-state index contributed by atoms with van der Waals surface area (Å²) in [5.41, 5.74) is 0.483. The van der Waals surface area contributed by atoms with E-state index in [9.17, 15) is 14.4 Å². The van der Waals surface area contributed by atoms with Crippen LogP contribution in [0.2, 0.25) is 0 Å². The number of carbonyl (C=O) groups is 3. The second-order valence-electron chi connectivity index (χ2n) is 6.23. The van der Waals surface area contributed by atoms with Crippen molar-refractivity contribution in [3.63, 3.8) is 0 Å². The standard InChI is InChI=1S/C19H20N4O5S/c1-3-6-23(10-16-21-22-18(28-16)15-5-4-7-29-15)17(25)11-27-19(26)14-8-13(9-20-14)12(2)24/h4-5,7-9,20H,3,6,10-11H2,1-2H3. The lowest BCUT2D eigenvalue weighted by Crippen LogP contribution is -2.35. The molecule has 1 N–H and O–H groups in total. The van der Waals surface area contributed by atoms with Gasteiger partial charge in [-0.1, -0.05) is 13.0 Å². The van der Waals surface area contributed by atoms with Crippen LogP contribution in [0, 0.1) is 0 Å². The van der Waals surface area contributed by atoms with Crippen molar-refractivity contribution in [3.05, 3.63) is 46.9 Å². The van der Waals surface area contributed by atoms with E-state index in [2.05, 4.69) is 15.2 Å². The number of hydrogen-bond donors (Lipinski definition) is 1. The van der Waals surface area contributed by atoms with Gasteiger partial charge in [0.15, 0.2) is 12.4 Å². The van der Waals surface area contributed by atoms with E-state index in [0.717, 1.165) is 4.88 Å². The van der Waals surface area contributed by atoms with Crippen LogP contribution in [0.1, 0.15) is 47.0 Å². The van der Waals surface area contributed by atoms with Crippen molar-refractivity contribution in [2.45, 2.75) is 26.8 Å². The molecular formula is C19H20N4O5S. The number of hydrogen-bond acceptors (Lipinski definition) is 8. The summed E-state index contributed by atoms with van der Waals surface area (Å²) in [7, 11) is 0. The van der Waals surface area contributed by atoms with Crippen molar-refractivity contribution >= 4 is 29.0 Å². The molecule has 0 fully saturated rings. The molecule has 0 radical (unpaired) electrons. The largest absolute Gasteiger partial charge is 0.451 e. The monoisotopic (exact) mass is 416 g/mol. The van der Waals surface area contributed by atoms with Crippen molar-refractivity contribution in [1.82, 2.24) is 20.1 Å². The Bertz CT molecular complexity index is 992. The number of thiophene rings is 1. The smallest absolute Gasteiger partial charge is 0.355 e. The number of ketones is 1. The number of H-pyrrole nitrogens is 1. The third kappa shape index (κ3) is 5.17. The number of ether oxygens (including phenoxy) is 1. The number of Topliss-reactive ketones (excluding diaryl/α,β-unsaturated/α-hetero) is 1. The summed E-state index contributed by atoms with van der Waals surface area (Å²) in [6.07, 6.45) is 2.13. The molecule has 0 aliphatic heterocycles. The van der Waals surface area contributed by atoms with Gasteiger partial charge in [0.25, 0.3) is 11.8 Å². The first-order valence-corrected chi connectivity index (χ1v) is 9.86. The molecule has 152 valence electrons. The molecule has 3 heterocycles. The van der Waals surface area contributed by atoms with E-state index in [-0.39, 0.29) is 23.9 Å². The molecule has 0 saturated heterocycles. The van der Waals surface area contributed by atoms with Crippen molar-refractivity contribution in [3.8, 4) is 10.8 Å². The molecule has 3 rings (SSSR count). The molecule has 0 aliphatic rings. The number of aromatic amines is 1. The highest BCUT2D eigenvalue weighted by molar-refractivity contribution is 7.13. The summed E-state index contributed by atoms with van der Waals surface area (Å²) in [5.74, 6) is -0.559. The zero-order valence-electron chi connectivity index (χ0n) is 16.0. The van der Waals surface area contributed by atoms with E-state index in [4.69, 9.17) is 9.15 Å². The van der Waals surface area contributed by atoms with Crippen LogP contribution in [0.3, 0.4) is 0 Å². The number of esters is 1. The molecule has 0 bridgehead atoms. The highest BCUT2D eigenvalue weighted by Crippen LogP contribution is 2.23. The average Bonchev–Trinajstić information content (AvgIpc) is 3.46. The lowest BCUT2D eigenvalue weighted by molar-refractivity contribution is -0.135. The van der Waals surface area contributed by atoms with Crippen LogP contribution < -0.4 is 0 Å². The molecule has 3 aromatic heterocycles. The van der Waals surface area contributed by atoms with Gasteiger partial charge < -0.3 is 19.0 Å². The van der Waals surface area contributed by atoms with Gasteiger partial charge in [0.1, 0.15) is 5.69 Å². The van der Waals surface area contributed by atoms with Gasteiger partial charge in [-0.05, 0) is 30.9 Å². The van der Waals surface area contributed by atoms with Crippen LogP contribution in [0.25, 0.3) is 10.8 Å². The SMILES string of the molecule is CCCN(Cc1nnc(-c2cccs2)o1)C(=O)COC(=O)c1cc(C(C)=O)c[nH]1. The second-order valence-corrected chi connectivity index (χ2v) is 7.18. The second kappa shape index (κ2) is 9.28. The first kappa shape index (κ1) is 20.5. The van der Waals surface area contributed by atoms with Gasteiger partial charge in [0, 0.05) is 18.3 Å². The number of nitrogens with one attached hydrogen (secondary N) is 1. The Kier molecular flexibility index (Phi) is 6.55. The van der Waals surface area contributed by atoms with E-state index in [1.54, 1.807) is 0 Å². The van der Waals surface area contributed by atoms with Crippen molar-refractivity contribution < 1.29 is 23.5 Å². The number of nitrogens with zero attached hydrogens (tertiary/aromatic N) is 3. The van der Waals surface area contributed by atoms with Crippen LogP contribution in [-0.2, 0) is 16.1 Å². The fraction of sp³-hybridized carbons (Fsp3) is 0.316. The normalized spacial score (nSPS) is 10.7. The Hall–Kier alpha value is -3.27. The van der Waals surface area contributed by atoms with Gasteiger partial charge in [0.2, 0.25) is 5.89 Å². The molecule has 10 heteroatoms. The average molecular weight is 416 g/mol. The molecule has 1 amide bonds. The van der Waals surface area contributed by atoms with Crippen molar-refractivity contribution in [1.29, 1.82) is 0 Å². The molecule has 0 atom stereocenters.